The van der Waals surface area contributed by atoms with Gasteiger partial charge in [-0.15, -0.1) is 11.3 Å². The quantitative estimate of drug-likeness (QED) is 0.339. The Hall–Kier alpha value is -2.93. The molecule has 0 saturated heterocycles. The van der Waals surface area contributed by atoms with Crippen LogP contribution in [-0.4, -0.2) is 35.9 Å². The van der Waals surface area contributed by atoms with Crippen LogP contribution < -0.4 is 0 Å². The van der Waals surface area contributed by atoms with Crippen LogP contribution in [0.4, 0.5) is 0 Å². The number of hydrogen-bond acceptors (Lipinski definition) is 6. The number of Topliss-reactive ketones (excluding diaryl/α,β-unsaturated/α-hetero) is 1. The van der Waals surface area contributed by atoms with Gasteiger partial charge in [0.25, 0.3) is 0 Å². The maximum atomic E-state index is 13.5. The Labute approximate surface area is 172 Å². The lowest BCUT2D eigenvalue weighted by Gasteiger charge is -2.23. The number of aryl methyl sites for hydroxylation is 1. The van der Waals surface area contributed by atoms with E-state index in [1.807, 2.05) is 31.2 Å². The van der Waals surface area contributed by atoms with Gasteiger partial charge in [-0.05, 0) is 43.8 Å². The van der Waals surface area contributed by atoms with Gasteiger partial charge in [0.1, 0.15) is 0 Å². The van der Waals surface area contributed by atoms with E-state index >= 15 is 0 Å². The van der Waals surface area contributed by atoms with E-state index in [1.165, 1.54) is 11.3 Å². The van der Waals surface area contributed by atoms with Gasteiger partial charge in [-0.25, -0.2) is 0 Å². The normalized spacial score (nSPS) is 12.1. The van der Waals surface area contributed by atoms with E-state index in [9.17, 15) is 14.4 Å². The minimum Gasteiger partial charge on any atom is -0.465 e. The molecular formula is C22H23NO5S. The third-order valence-electron chi connectivity index (χ3n) is 4.78. The summed E-state index contributed by atoms with van der Waals surface area (Å²) in [4.78, 5) is 42.8. The highest BCUT2D eigenvalue weighted by atomic mass is 32.1. The average molecular weight is 413 g/mol. The van der Waals surface area contributed by atoms with Crippen LogP contribution in [0.25, 0.3) is 10.9 Å². The largest absolute Gasteiger partial charge is 0.465 e. The molecule has 0 aliphatic rings. The molecule has 2 aromatic heterocycles. The topological polar surface area (TPSA) is 85.5 Å². The number of esters is 2. The fourth-order valence-corrected chi connectivity index (χ4v) is 4.17. The van der Waals surface area contributed by atoms with Gasteiger partial charge in [-0.3, -0.25) is 14.4 Å². The van der Waals surface area contributed by atoms with Crippen LogP contribution in [0.3, 0.4) is 0 Å². The number of rotatable bonds is 8. The summed E-state index contributed by atoms with van der Waals surface area (Å²) in [6.45, 7) is 5.38. The predicted molar refractivity (Wildman–Crippen MR) is 111 cm³/mol. The Kier molecular flexibility index (Phi) is 6.49. The first kappa shape index (κ1) is 20.8. The second kappa shape index (κ2) is 9.05. The minimum atomic E-state index is -1.39. The van der Waals surface area contributed by atoms with E-state index in [2.05, 4.69) is 4.98 Å². The molecule has 0 saturated carbocycles. The zero-order chi connectivity index (χ0) is 21.0. The standard InChI is InChI=1S/C22H23NO5S/c1-4-27-21(25)18(22(26)28-5-2)17(20(24)16-11-8-12-29-16)19-13(3)14-9-6-7-10-15(14)23-19/h6-12,17-18,23H,4-5H2,1-3H3. The number of H-pyrrole nitrogens is 1. The number of para-hydroxylation sites is 1. The highest BCUT2D eigenvalue weighted by Gasteiger charge is 2.44. The smallest absolute Gasteiger partial charge is 0.321 e. The van der Waals surface area contributed by atoms with Crippen LogP contribution >= 0.6 is 11.3 Å². The van der Waals surface area contributed by atoms with Crippen LogP contribution in [0.5, 0.6) is 0 Å². The molecule has 0 spiro atoms. The Morgan fingerprint density at radius 3 is 2.21 bits per heavy atom. The van der Waals surface area contributed by atoms with E-state index in [0.717, 1.165) is 16.5 Å². The fourth-order valence-electron chi connectivity index (χ4n) is 3.47. The van der Waals surface area contributed by atoms with Gasteiger partial charge < -0.3 is 14.5 Å². The van der Waals surface area contributed by atoms with Crippen LogP contribution in [0.2, 0.25) is 0 Å². The molecule has 2 heterocycles. The van der Waals surface area contributed by atoms with Crippen molar-refractivity contribution in [1.82, 2.24) is 4.98 Å². The van der Waals surface area contributed by atoms with Gasteiger partial charge in [0.2, 0.25) is 0 Å². The number of fused-ring (bicyclic) bond motifs is 1. The van der Waals surface area contributed by atoms with Gasteiger partial charge >= 0.3 is 11.9 Å². The molecule has 1 atom stereocenters. The predicted octanol–water partition coefficient (Wildman–Crippen LogP) is 4.25. The third-order valence-corrected chi connectivity index (χ3v) is 5.66. The first-order valence-corrected chi connectivity index (χ1v) is 10.4. The second-order valence-electron chi connectivity index (χ2n) is 6.51. The maximum Gasteiger partial charge on any atom is 0.321 e. The Bertz CT molecular complexity index is 1000. The lowest BCUT2D eigenvalue weighted by atomic mass is 9.83. The second-order valence-corrected chi connectivity index (χ2v) is 7.46. The molecule has 1 aromatic carbocycles. The van der Waals surface area contributed by atoms with Crippen molar-refractivity contribution < 1.29 is 23.9 Å². The first-order valence-electron chi connectivity index (χ1n) is 9.47. The van der Waals surface area contributed by atoms with Gasteiger partial charge in [-0.1, -0.05) is 24.3 Å². The zero-order valence-electron chi connectivity index (χ0n) is 16.6. The van der Waals surface area contributed by atoms with Gasteiger partial charge in [0.05, 0.1) is 24.0 Å². The van der Waals surface area contributed by atoms with Crippen molar-refractivity contribution in [3.8, 4) is 0 Å². The van der Waals surface area contributed by atoms with E-state index in [-0.39, 0.29) is 19.0 Å². The molecule has 3 aromatic rings. The maximum absolute atomic E-state index is 13.5. The molecule has 0 amide bonds. The van der Waals surface area contributed by atoms with Crippen LogP contribution in [0, 0.1) is 12.8 Å². The fraction of sp³-hybridized carbons (Fsp3) is 0.318. The van der Waals surface area contributed by atoms with E-state index in [4.69, 9.17) is 9.47 Å². The highest BCUT2D eigenvalue weighted by molar-refractivity contribution is 7.12. The number of thiophene rings is 1. The van der Waals surface area contributed by atoms with Crippen molar-refractivity contribution in [3.63, 3.8) is 0 Å². The number of carbonyl (C=O) groups excluding carboxylic acids is 3. The average Bonchev–Trinajstić information content (AvgIpc) is 3.35. The number of benzene rings is 1. The summed E-state index contributed by atoms with van der Waals surface area (Å²) >= 11 is 1.27. The van der Waals surface area contributed by atoms with E-state index < -0.39 is 23.8 Å². The van der Waals surface area contributed by atoms with Crippen molar-refractivity contribution in [2.75, 3.05) is 13.2 Å². The number of carbonyl (C=O) groups is 3. The number of aromatic amines is 1. The van der Waals surface area contributed by atoms with Crippen LogP contribution in [-0.2, 0) is 19.1 Å². The lowest BCUT2D eigenvalue weighted by molar-refractivity contribution is -0.162. The summed E-state index contributed by atoms with van der Waals surface area (Å²) in [7, 11) is 0. The summed E-state index contributed by atoms with van der Waals surface area (Å²) in [5.74, 6) is -4.31. The molecule has 6 nitrogen and oxygen atoms in total. The summed E-state index contributed by atoms with van der Waals surface area (Å²) in [5.41, 5.74) is 2.17. The molecular weight excluding hydrogens is 390 g/mol. The van der Waals surface area contributed by atoms with Crippen molar-refractivity contribution in [2.45, 2.75) is 26.7 Å². The zero-order valence-corrected chi connectivity index (χ0v) is 17.4. The summed E-state index contributed by atoms with van der Waals surface area (Å²) in [5, 5.41) is 2.71. The molecule has 1 unspecified atom stereocenters. The molecule has 7 heteroatoms. The molecule has 152 valence electrons. The van der Waals surface area contributed by atoms with Crippen LogP contribution in [0.1, 0.15) is 40.7 Å². The summed E-state index contributed by atoms with van der Waals surface area (Å²) in [6.07, 6.45) is 0. The SMILES string of the molecule is CCOC(=O)C(C(=O)OCC)C(C(=O)c1cccs1)c1[nH]c2ccccc2c1C. The lowest BCUT2D eigenvalue weighted by Crippen LogP contribution is -2.37. The number of aromatic nitrogens is 1. The molecule has 0 radical (unpaired) electrons. The number of hydrogen-bond donors (Lipinski definition) is 1. The summed E-state index contributed by atoms with van der Waals surface area (Å²) < 4.78 is 10.3. The molecule has 0 bridgehead atoms. The molecule has 0 aliphatic heterocycles. The molecule has 0 aliphatic carbocycles. The van der Waals surface area contributed by atoms with Crippen molar-refractivity contribution in [3.05, 3.63) is 57.9 Å². The summed E-state index contributed by atoms with van der Waals surface area (Å²) in [6, 6.07) is 11.1. The Morgan fingerprint density at radius 2 is 1.66 bits per heavy atom. The monoisotopic (exact) mass is 413 g/mol. The minimum absolute atomic E-state index is 0.0976. The van der Waals surface area contributed by atoms with E-state index in [1.54, 1.807) is 31.4 Å². The molecule has 29 heavy (non-hydrogen) atoms. The molecule has 0 fully saturated rings. The van der Waals surface area contributed by atoms with Crippen molar-refractivity contribution in [1.29, 1.82) is 0 Å². The Morgan fingerprint density at radius 1 is 1.00 bits per heavy atom. The van der Waals surface area contributed by atoms with Crippen molar-refractivity contribution >= 4 is 40.0 Å². The van der Waals surface area contributed by atoms with Gasteiger partial charge in [0, 0.05) is 16.6 Å². The highest BCUT2D eigenvalue weighted by Crippen LogP contribution is 2.36. The number of ether oxygens (including phenoxy) is 2. The van der Waals surface area contributed by atoms with Gasteiger partial charge in [-0.2, -0.15) is 0 Å². The number of ketones is 1. The Balaban J connectivity index is 2.19. The first-order chi connectivity index (χ1) is 14.0. The van der Waals surface area contributed by atoms with Crippen molar-refractivity contribution in [2.24, 2.45) is 5.92 Å². The van der Waals surface area contributed by atoms with Crippen LogP contribution in [0.15, 0.2) is 41.8 Å². The molecule has 3 rings (SSSR count). The van der Waals surface area contributed by atoms with E-state index in [0.29, 0.717) is 10.6 Å². The van der Waals surface area contributed by atoms with Gasteiger partial charge in [0.15, 0.2) is 11.7 Å². The molecule has 1 N–H and O–H groups in total. The number of nitrogens with one attached hydrogen (secondary N) is 1. The third kappa shape index (κ3) is 4.10.